The molecule has 1 aliphatic rings. The first-order valence-corrected chi connectivity index (χ1v) is 10.5. The van der Waals surface area contributed by atoms with Crippen LogP contribution in [0, 0.1) is 11.3 Å². The first kappa shape index (κ1) is 25.7. The molecule has 0 bridgehead atoms. The Bertz CT molecular complexity index is 1220. The first-order valence-electron chi connectivity index (χ1n) is 10.5. The van der Waals surface area contributed by atoms with Gasteiger partial charge in [-0.15, -0.1) is 0 Å². The summed E-state index contributed by atoms with van der Waals surface area (Å²) < 4.78 is 39.1. The number of carboxylic acid groups (broad SMARTS) is 1. The smallest absolute Gasteiger partial charge is 0.490 e. The van der Waals surface area contributed by atoms with Crippen LogP contribution in [0.3, 0.4) is 0 Å². The molecule has 35 heavy (non-hydrogen) atoms. The molecule has 4 N–H and O–H groups in total. The number of aromatic nitrogens is 3. The molecule has 0 aromatic carbocycles. The molecule has 0 aliphatic carbocycles. The van der Waals surface area contributed by atoms with E-state index in [1.165, 1.54) is 0 Å². The molecule has 186 valence electrons. The summed E-state index contributed by atoms with van der Waals surface area (Å²) in [5.41, 5.74) is 8.91. The number of carbonyl (C=O) groups is 1. The Morgan fingerprint density at radius 1 is 1.37 bits per heavy atom. The number of piperidine rings is 1. The van der Waals surface area contributed by atoms with Crippen molar-refractivity contribution in [3.63, 3.8) is 0 Å². The van der Waals surface area contributed by atoms with Crippen molar-refractivity contribution in [2.45, 2.75) is 31.7 Å². The predicted molar refractivity (Wildman–Crippen MR) is 119 cm³/mol. The van der Waals surface area contributed by atoms with Crippen LogP contribution in [0.4, 0.5) is 19.0 Å². The van der Waals surface area contributed by atoms with E-state index in [0.29, 0.717) is 37.4 Å². The number of carboxylic acids is 1. The van der Waals surface area contributed by atoms with Gasteiger partial charge >= 0.3 is 12.1 Å². The number of nitriles is 1. The molecular formula is C22H23F3N6O4. The summed E-state index contributed by atoms with van der Waals surface area (Å²) in [4.78, 5) is 15.6. The Morgan fingerprint density at radius 3 is 2.63 bits per heavy atom. The maximum atomic E-state index is 10.6. The Balaban J connectivity index is 0.000000429. The summed E-state index contributed by atoms with van der Waals surface area (Å²) in [7, 11) is 0. The molecule has 0 spiro atoms. The monoisotopic (exact) mass is 492 g/mol. The third-order valence-electron chi connectivity index (χ3n) is 5.26. The van der Waals surface area contributed by atoms with Gasteiger partial charge in [-0.25, -0.2) is 14.3 Å². The van der Waals surface area contributed by atoms with Crippen LogP contribution >= 0.6 is 0 Å². The maximum Gasteiger partial charge on any atom is 0.490 e. The number of fused-ring (bicyclic) bond motifs is 1. The van der Waals surface area contributed by atoms with Gasteiger partial charge in [0.1, 0.15) is 17.6 Å². The van der Waals surface area contributed by atoms with Crippen LogP contribution in [0.1, 0.15) is 18.9 Å². The lowest BCUT2D eigenvalue weighted by Crippen LogP contribution is -2.51. The SMILES string of the molecule is CCOc1cc(-c2ccc(N3CC[C@@H](O)[C@H](N)C3)nc2)c2c(C#N)cnn2c1.O=C(O)C(F)(F)F. The molecule has 10 nitrogen and oxygen atoms in total. The second kappa shape index (κ2) is 10.6. The lowest BCUT2D eigenvalue weighted by atomic mass is 10.0. The molecule has 4 rings (SSSR count). The largest absolute Gasteiger partial charge is 0.492 e. The van der Waals surface area contributed by atoms with E-state index in [0.717, 1.165) is 22.5 Å². The van der Waals surface area contributed by atoms with Crippen molar-refractivity contribution in [2.75, 3.05) is 24.6 Å². The van der Waals surface area contributed by atoms with Crippen molar-refractivity contribution in [2.24, 2.45) is 5.73 Å². The minimum atomic E-state index is -5.08. The second-order valence-corrected chi connectivity index (χ2v) is 7.66. The number of nitrogens with zero attached hydrogens (tertiary/aromatic N) is 5. The van der Waals surface area contributed by atoms with E-state index in [1.807, 2.05) is 25.1 Å². The minimum absolute atomic E-state index is 0.275. The van der Waals surface area contributed by atoms with Gasteiger partial charge in [-0.05, 0) is 31.5 Å². The number of pyridine rings is 2. The van der Waals surface area contributed by atoms with Crippen LogP contribution in [0.25, 0.3) is 16.6 Å². The number of aliphatic hydroxyl groups is 1. The Hall–Kier alpha value is -3.89. The van der Waals surface area contributed by atoms with Gasteiger partial charge in [-0.1, -0.05) is 0 Å². The average molecular weight is 492 g/mol. The highest BCUT2D eigenvalue weighted by molar-refractivity contribution is 5.85. The Kier molecular flexibility index (Phi) is 7.78. The summed E-state index contributed by atoms with van der Waals surface area (Å²) >= 11 is 0. The van der Waals surface area contributed by atoms with E-state index >= 15 is 0 Å². The van der Waals surface area contributed by atoms with Gasteiger partial charge in [-0.3, -0.25) is 0 Å². The number of hydrogen-bond donors (Lipinski definition) is 3. The van der Waals surface area contributed by atoms with Crippen LogP contribution in [0.2, 0.25) is 0 Å². The number of anilines is 1. The van der Waals surface area contributed by atoms with E-state index in [1.54, 1.807) is 23.1 Å². The molecule has 1 saturated heterocycles. The molecule has 0 saturated carbocycles. The molecule has 4 heterocycles. The van der Waals surface area contributed by atoms with E-state index in [-0.39, 0.29) is 6.04 Å². The minimum Gasteiger partial charge on any atom is -0.492 e. The van der Waals surface area contributed by atoms with Crippen LogP contribution in [0.5, 0.6) is 5.75 Å². The van der Waals surface area contributed by atoms with Crippen molar-refractivity contribution >= 4 is 17.3 Å². The fourth-order valence-electron chi connectivity index (χ4n) is 3.55. The molecule has 0 amide bonds. The van der Waals surface area contributed by atoms with E-state index < -0.39 is 18.2 Å². The van der Waals surface area contributed by atoms with Gasteiger partial charge in [-0.2, -0.15) is 23.5 Å². The number of ether oxygens (including phenoxy) is 1. The first-order chi connectivity index (χ1) is 16.5. The quantitative estimate of drug-likeness (QED) is 0.498. The standard InChI is InChI=1S/C20H22N6O2.C2HF3O2/c1-2-28-15-7-16(20-14(8-21)10-24-26(20)11-15)13-3-4-19(23-9-13)25-6-5-18(27)17(22)12-25;3-2(4,5)1(6)7/h3-4,7,9-11,17-18,27H,2,5-6,12,22H2,1H3;(H,6,7)/t17-,18-;/m1./s1. The molecule has 1 aliphatic heterocycles. The van der Waals surface area contributed by atoms with E-state index in [4.69, 9.17) is 20.4 Å². The number of rotatable bonds is 4. The van der Waals surface area contributed by atoms with Crippen molar-refractivity contribution in [3.8, 4) is 22.9 Å². The Morgan fingerprint density at radius 2 is 2.09 bits per heavy atom. The van der Waals surface area contributed by atoms with Crippen LogP contribution in [-0.2, 0) is 4.79 Å². The number of hydrogen-bond acceptors (Lipinski definition) is 8. The fraction of sp³-hybridized carbons (Fsp3) is 0.364. The van der Waals surface area contributed by atoms with Gasteiger partial charge in [0, 0.05) is 36.5 Å². The van der Waals surface area contributed by atoms with Crippen LogP contribution in [-0.4, -0.2) is 68.8 Å². The highest BCUT2D eigenvalue weighted by Gasteiger charge is 2.38. The van der Waals surface area contributed by atoms with Gasteiger partial charge in [0.15, 0.2) is 0 Å². The average Bonchev–Trinajstić information content (AvgIpc) is 3.23. The van der Waals surface area contributed by atoms with Crippen LogP contribution in [0.15, 0.2) is 36.8 Å². The summed E-state index contributed by atoms with van der Waals surface area (Å²) in [6, 6.07) is 7.73. The predicted octanol–water partition coefficient (Wildman–Crippen LogP) is 2.20. The molecular weight excluding hydrogens is 469 g/mol. The number of halogens is 3. The fourth-order valence-corrected chi connectivity index (χ4v) is 3.55. The highest BCUT2D eigenvalue weighted by Crippen LogP contribution is 2.31. The van der Waals surface area contributed by atoms with E-state index in [2.05, 4.69) is 21.1 Å². The number of nitrogens with two attached hydrogens (primary N) is 1. The second-order valence-electron chi connectivity index (χ2n) is 7.66. The molecule has 2 atom stereocenters. The van der Waals surface area contributed by atoms with Crippen molar-refractivity contribution in [1.82, 2.24) is 14.6 Å². The third-order valence-corrected chi connectivity index (χ3v) is 5.26. The molecule has 0 radical (unpaired) electrons. The topological polar surface area (TPSA) is 150 Å². The normalized spacial score (nSPS) is 17.9. The zero-order valence-corrected chi connectivity index (χ0v) is 18.6. The third kappa shape index (κ3) is 5.97. The molecule has 13 heteroatoms. The summed E-state index contributed by atoms with van der Waals surface area (Å²) in [5, 5.41) is 30.7. The van der Waals surface area contributed by atoms with Crippen molar-refractivity contribution in [1.29, 1.82) is 5.26 Å². The van der Waals surface area contributed by atoms with Crippen molar-refractivity contribution < 1.29 is 32.9 Å². The summed E-state index contributed by atoms with van der Waals surface area (Å²) in [6.07, 6.45) is 0.187. The lowest BCUT2D eigenvalue weighted by Gasteiger charge is -2.34. The maximum absolute atomic E-state index is 10.6. The Labute approximate surface area is 198 Å². The zero-order chi connectivity index (χ0) is 25.8. The molecule has 3 aromatic rings. The highest BCUT2D eigenvalue weighted by atomic mass is 19.4. The van der Waals surface area contributed by atoms with Gasteiger partial charge in [0.25, 0.3) is 0 Å². The lowest BCUT2D eigenvalue weighted by molar-refractivity contribution is -0.192. The van der Waals surface area contributed by atoms with E-state index in [9.17, 15) is 23.5 Å². The van der Waals surface area contributed by atoms with Gasteiger partial charge in [0.05, 0.1) is 36.2 Å². The molecule has 3 aromatic heterocycles. The van der Waals surface area contributed by atoms with Gasteiger partial charge < -0.3 is 25.6 Å². The summed E-state index contributed by atoms with van der Waals surface area (Å²) in [5.74, 6) is -1.26. The van der Waals surface area contributed by atoms with Crippen LogP contribution < -0.4 is 15.4 Å². The zero-order valence-electron chi connectivity index (χ0n) is 18.6. The molecule has 1 fully saturated rings. The number of aliphatic hydroxyl groups excluding tert-OH is 1. The number of aliphatic carboxylic acids is 1. The summed E-state index contributed by atoms with van der Waals surface area (Å²) in [6.45, 7) is 3.74. The molecule has 0 unspecified atom stereocenters. The van der Waals surface area contributed by atoms with Gasteiger partial charge in [0.2, 0.25) is 0 Å². The number of alkyl halides is 3. The van der Waals surface area contributed by atoms with Crippen molar-refractivity contribution in [3.05, 3.63) is 42.4 Å².